The first-order chi connectivity index (χ1) is 12.8. The lowest BCUT2D eigenvalue weighted by Gasteiger charge is -2.28. The van der Waals surface area contributed by atoms with Gasteiger partial charge >= 0.3 is 6.18 Å². The number of halogens is 8. The van der Waals surface area contributed by atoms with Crippen LogP contribution in [0.4, 0.5) is 26.3 Å². The van der Waals surface area contributed by atoms with Crippen LogP contribution in [0.5, 0.6) is 0 Å². The number of alkyl halides is 5. The quantitative estimate of drug-likeness (QED) is 0.396. The molecular formula is C18H12BrClF6O2. The van der Waals surface area contributed by atoms with Crippen molar-refractivity contribution >= 4 is 33.3 Å². The molecule has 2 rings (SSSR count). The molecule has 1 N–H and O–H groups in total. The average molecular weight is 490 g/mol. The summed E-state index contributed by atoms with van der Waals surface area (Å²) in [5, 5.41) is 9.26. The van der Waals surface area contributed by atoms with Gasteiger partial charge in [0.1, 0.15) is 5.82 Å². The van der Waals surface area contributed by atoms with Gasteiger partial charge in [0, 0.05) is 22.0 Å². The maximum atomic E-state index is 14.3. The summed E-state index contributed by atoms with van der Waals surface area (Å²) in [7, 11) is 0. The molecule has 0 aliphatic rings. The second-order valence-electron chi connectivity index (χ2n) is 6.11. The number of rotatable bonds is 5. The van der Waals surface area contributed by atoms with E-state index in [0.717, 1.165) is 0 Å². The minimum Gasteiger partial charge on any atom is -0.379 e. The Labute approximate surface area is 169 Å². The topological polar surface area (TPSA) is 37.3 Å². The average Bonchev–Trinajstić information content (AvgIpc) is 2.58. The molecule has 0 bridgehead atoms. The number of carbonyl (C=O) groups is 1. The summed E-state index contributed by atoms with van der Waals surface area (Å²) in [6, 6.07) is 4.33. The van der Waals surface area contributed by atoms with E-state index in [1.165, 1.54) is 18.2 Å². The smallest absolute Gasteiger partial charge is 0.379 e. The van der Waals surface area contributed by atoms with E-state index in [2.05, 4.69) is 15.9 Å². The summed E-state index contributed by atoms with van der Waals surface area (Å²) >= 11 is 8.60. The Morgan fingerprint density at radius 2 is 1.82 bits per heavy atom. The zero-order chi connectivity index (χ0) is 21.4. The monoisotopic (exact) mass is 488 g/mol. The molecule has 2 nitrogen and oxygen atoms in total. The maximum Gasteiger partial charge on any atom is 0.416 e. The predicted octanol–water partition coefficient (Wildman–Crippen LogP) is 6.29. The van der Waals surface area contributed by atoms with Crippen molar-refractivity contribution in [2.75, 3.05) is 0 Å². The molecule has 0 amide bonds. The third-order valence-electron chi connectivity index (χ3n) is 4.09. The van der Waals surface area contributed by atoms with Gasteiger partial charge in [-0.3, -0.25) is 4.79 Å². The zero-order valence-corrected chi connectivity index (χ0v) is 16.4. The Hall–Kier alpha value is -1.58. The maximum absolute atomic E-state index is 14.3. The van der Waals surface area contributed by atoms with Gasteiger partial charge in [-0.2, -0.15) is 13.2 Å². The van der Waals surface area contributed by atoms with Crippen molar-refractivity contribution in [2.45, 2.75) is 31.5 Å². The van der Waals surface area contributed by atoms with Gasteiger partial charge in [-0.25, -0.2) is 13.2 Å². The van der Waals surface area contributed by atoms with Crippen LogP contribution >= 0.6 is 27.5 Å². The van der Waals surface area contributed by atoms with E-state index in [9.17, 15) is 36.2 Å². The highest BCUT2D eigenvalue weighted by atomic mass is 79.9. The lowest BCUT2D eigenvalue weighted by molar-refractivity contribution is -0.138. The minimum absolute atomic E-state index is 0.0352. The first-order valence-electron chi connectivity index (χ1n) is 7.64. The number of aryl methyl sites for hydroxylation is 1. The summed E-state index contributed by atoms with van der Waals surface area (Å²) in [6.45, 7) is 1.62. The molecule has 0 spiro atoms. The number of hydrogen-bond acceptors (Lipinski definition) is 2. The van der Waals surface area contributed by atoms with Crippen LogP contribution in [0.2, 0.25) is 5.02 Å². The Bertz CT molecular complexity index is 916. The van der Waals surface area contributed by atoms with Crippen LogP contribution in [0.25, 0.3) is 0 Å². The Balaban J connectivity index is 2.56. The van der Waals surface area contributed by atoms with Crippen LogP contribution < -0.4 is 0 Å². The molecule has 2 aromatic rings. The fourth-order valence-electron chi connectivity index (χ4n) is 2.52. The lowest BCUT2D eigenvalue weighted by Crippen LogP contribution is -2.38. The second kappa shape index (κ2) is 8.04. The van der Waals surface area contributed by atoms with E-state index in [0.29, 0.717) is 10.0 Å². The van der Waals surface area contributed by atoms with Crippen LogP contribution in [0, 0.1) is 12.7 Å². The highest BCUT2D eigenvalue weighted by Gasteiger charge is 2.46. The Morgan fingerprint density at radius 3 is 2.32 bits per heavy atom. The van der Waals surface area contributed by atoms with Crippen molar-refractivity contribution in [2.24, 2.45) is 0 Å². The summed E-state index contributed by atoms with van der Waals surface area (Å²) in [4.78, 5) is 12.4. The van der Waals surface area contributed by atoms with Crippen LogP contribution in [-0.4, -0.2) is 17.3 Å². The van der Waals surface area contributed by atoms with Crippen molar-refractivity contribution in [3.8, 4) is 0 Å². The third kappa shape index (κ3) is 4.52. The number of Topliss-reactive ketones (excluding diaryl/α,β-unsaturated/α-hetero) is 1. The van der Waals surface area contributed by atoms with Crippen LogP contribution in [-0.2, 0) is 11.8 Å². The molecular weight excluding hydrogens is 478 g/mol. The standard InChI is InChI=1S/C18H12BrClF6O2/c1-8-4-9(2-3-12(8)19)14(27)7-17(28,16(22)23)11-5-10(18(24,25)26)6-13(20)15(11)21/h2-6,16,28H,7H2,1H3. The van der Waals surface area contributed by atoms with Gasteiger partial charge < -0.3 is 5.11 Å². The SMILES string of the molecule is Cc1cc(C(=O)CC(O)(c2cc(C(F)(F)F)cc(Cl)c2F)C(F)F)ccc1Br. The molecule has 1 atom stereocenters. The fraction of sp³-hybridized carbons (Fsp3) is 0.278. The largest absolute Gasteiger partial charge is 0.416 e. The van der Waals surface area contributed by atoms with Crippen LogP contribution in [0.3, 0.4) is 0 Å². The summed E-state index contributed by atoms with van der Waals surface area (Å²) in [5.74, 6) is -2.66. The van der Waals surface area contributed by atoms with Crippen molar-refractivity contribution in [3.63, 3.8) is 0 Å². The van der Waals surface area contributed by atoms with Crippen molar-refractivity contribution in [1.29, 1.82) is 0 Å². The number of ketones is 1. The van der Waals surface area contributed by atoms with Gasteiger partial charge in [0.2, 0.25) is 0 Å². The molecule has 1 unspecified atom stereocenters. The number of carbonyl (C=O) groups excluding carboxylic acids is 1. The third-order valence-corrected chi connectivity index (χ3v) is 5.26. The fourth-order valence-corrected chi connectivity index (χ4v) is 2.99. The van der Waals surface area contributed by atoms with Crippen molar-refractivity contribution in [1.82, 2.24) is 0 Å². The van der Waals surface area contributed by atoms with E-state index in [1.54, 1.807) is 6.92 Å². The summed E-state index contributed by atoms with van der Waals surface area (Å²) < 4.78 is 81.0. The molecule has 0 heterocycles. The zero-order valence-electron chi connectivity index (χ0n) is 14.1. The molecule has 0 aliphatic carbocycles. The molecule has 152 valence electrons. The summed E-state index contributed by atoms with van der Waals surface area (Å²) in [5.41, 5.74) is -5.92. The van der Waals surface area contributed by atoms with Gasteiger partial charge in [-0.1, -0.05) is 33.6 Å². The van der Waals surface area contributed by atoms with Gasteiger partial charge in [0.25, 0.3) is 6.43 Å². The van der Waals surface area contributed by atoms with E-state index in [4.69, 9.17) is 11.6 Å². The van der Waals surface area contributed by atoms with E-state index in [1.807, 2.05) is 0 Å². The van der Waals surface area contributed by atoms with E-state index < -0.39 is 52.4 Å². The van der Waals surface area contributed by atoms with Gasteiger partial charge in [-0.15, -0.1) is 0 Å². The molecule has 2 aromatic carbocycles. The number of benzene rings is 2. The molecule has 0 radical (unpaired) electrons. The van der Waals surface area contributed by atoms with Crippen LogP contribution in [0.1, 0.15) is 33.5 Å². The summed E-state index contributed by atoms with van der Waals surface area (Å²) in [6.07, 6.45) is -10.1. The first-order valence-corrected chi connectivity index (χ1v) is 8.81. The van der Waals surface area contributed by atoms with E-state index in [-0.39, 0.29) is 17.7 Å². The highest BCUT2D eigenvalue weighted by Crippen LogP contribution is 2.41. The second-order valence-corrected chi connectivity index (χ2v) is 7.37. The molecule has 0 fully saturated rings. The Morgan fingerprint density at radius 1 is 1.21 bits per heavy atom. The predicted molar refractivity (Wildman–Crippen MR) is 94.1 cm³/mol. The first kappa shape index (κ1) is 22.7. The molecule has 28 heavy (non-hydrogen) atoms. The Kier molecular flexibility index (Phi) is 6.52. The molecule has 0 saturated heterocycles. The molecule has 0 aromatic heterocycles. The van der Waals surface area contributed by atoms with Crippen molar-refractivity contribution in [3.05, 3.63) is 67.9 Å². The van der Waals surface area contributed by atoms with Gasteiger partial charge in [-0.05, 0) is 36.8 Å². The van der Waals surface area contributed by atoms with E-state index >= 15 is 0 Å². The lowest BCUT2D eigenvalue weighted by atomic mass is 9.85. The molecule has 0 saturated carbocycles. The van der Waals surface area contributed by atoms with Gasteiger partial charge in [0.15, 0.2) is 11.4 Å². The molecule has 10 heteroatoms. The minimum atomic E-state index is -5.03. The van der Waals surface area contributed by atoms with Crippen LogP contribution in [0.15, 0.2) is 34.8 Å². The van der Waals surface area contributed by atoms with Gasteiger partial charge in [0.05, 0.1) is 10.6 Å². The van der Waals surface area contributed by atoms with Crippen molar-refractivity contribution < 1.29 is 36.2 Å². The highest BCUT2D eigenvalue weighted by molar-refractivity contribution is 9.10. The number of aliphatic hydroxyl groups is 1. The molecule has 0 aliphatic heterocycles. The number of hydrogen-bond donors (Lipinski definition) is 1. The normalized spacial score (nSPS) is 14.2.